The van der Waals surface area contributed by atoms with Gasteiger partial charge in [0.2, 0.25) is 0 Å². The van der Waals surface area contributed by atoms with Crippen molar-refractivity contribution in [3.05, 3.63) is 35.4 Å². The fourth-order valence-corrected chi connectivity index (χ4v) is 1.92. The van der Waals surface area contributed by atoms with Crippen LogP contribution in [0.5, 0.6) is 0 Å². The SMILES string of the molecule is CCC(C(=O)O)c1ccc(CCC(C)C)cc1. The van der Waals surface area contributed by atoms with Crippen LogP contribution in [0.25, 0.3) is 0 Å². The largest absolute Gasteiger partial charge is 0.481 e. The molecule has 1 unspecified atom stereocenters. The summed E-state index contributed by atoms with van der Waals surface area (Å²) in [7, 11) is 0. The quantitative estimate of drug-likeness (QED) is 0.811. The van der Waals surface area contributed by atoms with E-state index in [-0.39, 0.29) is 5.92 Å². The zero-order valence-electron chi connectivity index (χ0n) is 10.9. The van der Waals surface area contributed by atoms with E-state index in [2.05, 4.69) is 26.0 Å². The third-order valence-corrected chi connectivity index (χ3v) is 3.10. The van der Waals surface area contributed by atoms with Gasteiger partial charge in [0, 0.05) is 0 Å². The highest BCUT2D eigenvalue weighted by molar-refractivity contribution is 5.75. The second-order valence-corrected chi connectivity index (χ2v) is 4.97. The van der Waals surface area contributed by atoms with E-state index in [0.29, 0.717) is 12.3 Å². The Morgan fingerprint density at radius 1 is 1.24 bits per heavy atom. The number of rotatable bonds is 6. The molecule has 1 aromatic carbocycles. The standard InChI is InChI=1S/C15H22O2/c1-4-14(15(16)17)13-9-7-12(8-10-13)6-5-11(2)3/h7-11,14H,4-6H2,1-3H3,(H,16,17). The molecule has 2 nitrogen and oxygen atoms in total. The van der Waals surface area contributed by atoms with E-state index in [4.69, 9.17) is 5.11 Å². The highest BCUT2D eigenvalue weighted by Crippen LogP contribution is 2.21. The molecule has 0 saturated heterocycles. The van der Waals surface area contributed by atoms with Crippen molar-refractivity contribution in [1.29, 1.82) is 0 Å². The molecule has 1 rings (SSSR count). The van der Waals surface area contributed by atoms with Crippen molar-refractivity contribution in [2.45, 2.75) is 46.0 Å². The van der Waals surface area contributed by atoms with E-state index in [9.17, 15) is 4.79 Å². The lowest BCUT2D eigenvalue weighted by atomic mass is 9.94. The summed E-state index contributed by atoms with van der Waals surface area (Å²) in [5.74, 6) is -0.395. The van der Waals surface area contributed by atoms with E-state index in [1.807, 2.05) is 19.1 Å². The van der Waals surface area contributed by atoms with Crippen LogP contribution in [-0.2, 0) is 11.2 Å². The summed E-state index contributed by atoms with van der Waals surface area (Å²) in [5.41, 5.74) is 2.20. The number of hydrogen-bond acceptors (Lipinski definition) is 1. The van der Waals surface area contributed by atoms with Gasteiger partial charge in [0.15, 0.2) is 0 Å². The number of carboxylic acid groups (broad SMARTS) is 1. The summed E-state index contributed by atoms with van der Waals surface area (Å²) < 4.78 is 0. The summed E-state index contributed by atoms with van der Waals surface area (Å²) in [4.78, 5) is 11.0. The molecular weight excluding hydrogens is 212 g/mol. The van der Waals surface area contributed by atoms with Crippen molar-refractivity contribution in [3.8, 4) is 0 Å². The first-order valence-electron chi connectivity index (χ1n) is 6.36. The van der Waals surface area contributed by atoms with Crippen molar-refractivity contribution < 1.29 is 9.90 Å². The molecule has 1 atom stereocenters. The van der Waals surface area contributed by atoms with Crippen molar-refractivity contribution in [2.24, 2.45) is 5.92 Å². The molecule has 0 aromatic heterocycles. The first-order chi connectivity index (χ1) is 8.04. The lowest BCUT2D eigenvalue weighted by Gasteiger charge is -2.11. The molecule has 0 aliphatic carbocycles. The van der Waals surface area contributed by atoms with Crippen molar-refractivity contribution in [3.63, 3.8) is 0 Å². The summed E-state index contributed by atoms with van der Waals surface area (Å²) in [6.45, 7) is 6.34. The van der Waals surface area contributed by atoms with Crippen LogP contribution in [0.15, 0.2) is 24.3 Å². The maximum atomic E-state index is 11.0. The Kier molecular flexibility index (Phi) is 5.20. The molecule has 2 heteroatoms. The maximum absolute atomic E-state index is 11.0. The Bertz CT molecular complexity index is 352. The van der Waals surface area contributed by atoms with Crippen LogP contribution >= 0.6 is 0 Å². The van der Waals surface area contributed by atoms with Crippen LogP contribution in [0, 0.1) is 5.92 Å². The van der Waals surface area contributed by atoms with Crippen molar-refractivity contribution >= 4 is 5.97 Å². The van der Waals surface area contributed by atoms with Gasteiger partial charge in [0.25, 0.3) is 0 Å². The topological polar surface area (TPSA) is 37.3 Å². The van der Waals surface area contributed by atoms with Gasteiger partial charge in [-0.05, 0) is 36.3 Å². The molecule has 0 bridgehead atoms. The molecule has 94 valence electrons. The minimum atomic E-state index is -0.734. The van der Waals surface area contributed by atoms with Crippen LogP contribution in [0.1, 0.15) is 50.7 Å². The Hall–Kier alpha value is -1.31. The average Bonchev–Trinajstić information content (AvgIpc) is 2.28. The molecule has 17 heavy (non-hydrogen) atoms. The summed E-state index contributed by atoms with van der Waals surface area (Å²) in [6.07, 6.45) is 2.89. The molecule has 0 spiro atoms. The van der Waals surface area contributed by atoms with Gasteiger partial charge in [0.1, 0.15) is 0 Å². The van der Waals surface area contributed by atoms with Gasteiger partial charge in [-0.2, -0.15) is 0 Å². The van der Waals surface area contributed by atoms with Gasteiger partial charge < -0.3 is 5.11 Å². The lowest BCUT2D eigenvalue weighted by molar-refractivity contribution is -0.138. The fourth-order valence-electron chi connectivity index (χ4n) is 1.92. The van der Waals surface area contributed by atoms with E-state index < -0.39 is 5.97 Å². The minimum Gasteiger partial charge on any atom is -0.481 e. The fraction of sp³-hybridized carbons (Fsp3) is 0.533. The molecule has 0 radical (unpaired) electrons. The van der Waals surface area contributed by atoms with E-state index in [1.165, 1.54) is 12.0 Å². The van der Waals surface area contributed by atoms with E-state index in [0.717, 1.165) is 12.0 Å². The molecule has 0 aliphatic rings. The van der Waals surface area contributed by atoms with Crippen molar-refractivity contribution in [2.75, 3.05) is 0 Å². The van der Waals surface area contributed by atoms with Gasteiger partial charge in [-0.25, -0.2) is 0 Å². The van der Waals surface area contributed by atoms with Gasteiger partial charge in [-0.15, -0.1) is 0 Å². The molecular formula is C15H22O2. The molecule has 0 amide bonds. The molecule has 0 aliphatic heterocycles. The van der Waals surface area contributed by atoms with Crippen LogP contribution in [0.3, 0.4) is 0 Å². The van der Waals surface area contributed by atoms with Crippen LogP contribution in [-0.4, -0.2) is 11.1 Å². The van der Waals surface area contributed by atoms with Gasteiger partial charge in [-0.1, -0.05) is 45.0 Å². The van der Waals surface area contributed by atoms with Crippen LogP contribution in [0.2, 0.25) is 0 Å². The van der Waals surface area contributed by atoms with Gasteiger partial charge in [0.05, 0.1) is 5.92 Å². The zero-order valence-corrected chi connectivity index (χ0v) is 10.9. The first-order valence-corrected chi connectivity index (χ1v) is 6.36. The van der Waals surface area contributed by atoms with Crippen molar-refractivity contribution in [1.82, 2.24) is 0 Å². The summed E-state index contributed by atoms with van der Waals surface area (Å²) in [6, 6.07) is 8.03. The molecule has 1 aromatic rings. The number of hydrogen-bond donors (Lipinski definition) is 1. The first kappa shape index (κ1) is 13.8. The Labute approximate surface area is 104 Å². The molecule has 1 N–H and O–H groups in total. The Morgan fingerprint density at radius 2 is 1.82 bits per heavy atom. The minimum absolute atomic E-state index is 0.367. The van der Waals surface area contributed by atoms with Crippen LogP contribution in [0.4, 0.5) is 0 Å². The highest BCUT2D eigenvalue weighted by atomic mass is 16.4. The zero-order chi connectivity index (χ0) is 12.8. The van der Waals surface area contributed by atoms with E-state index in [1.54, 1.807) is 0 Å². The number of benzene rings is 1. The third-order valence-electron chi connectivity index (χ3n) is 3.10. The van der Waals surface area contributed by atoms with Gasteiger partial charge in [-0.3, -0.25) is 4.79 Å². The predicted octanol–water partition coefficient (Wildman–Crippen LogP) is 3.85. The summed E-state index contributed by atoms with van der Waals surface area (Å²) >= 11 is 0. The maximum Gasteiger partial charge on any atom is 0.310 e. The Morgan fingerprint density at radius 3 is 2.24 bits per heavy atom. The average molecular weight is 234 g/mol. The second kappa shape index (κ2) is 6.43. The lowest BCUT2D eigenvalue weighted by Crippen LogP contribution is -2.10. The van der Waals surface area contributed by atoms with Gasteiger partial charge >= 0.3 is 5.97 Å². The monoisotopic (exact) mass is 234 g/mol. The Balaban J connectivity index is 2.70. The number of aliphatic carboxylic acids is 1. The van der Waals surface area contributed by atoms with Crippen LogP contribution < -0.4 is 0 Å². The molecule has 0 fully saturated rings. The molecule has 0 heterocycles. The number of aryl methyl sites for hydroxylation is 1. The third kappa shape index (κ3) is 4.22. The highest BCUT2D eigenvalue weighted by Gasteiger charge is 2.16. The number of carbonyl (C=O) groups is 1. The summed E-state index contributed by atoms with van der Waals surface area (Å²) in [5, 5.41) is 9.07. The number of carboxylic acids is 1. The smallest absolute Gasteiger partial charge is 0.310 e. The predicted molar refractivity (Wildman–Crippen MR) is 70.3 cm³/mol. The second-order valence-electron chi connectivity index (χ2n) is 4.97. The van der Waals surface area contributed by atoms with E-state index >= 15 is 0 Å². The molecule has 0 saturated carbocycles. The normalized spacial score (nSPS) is 12.7.